The van der Waals surface area contributed by atoms with Gasteiger partial charge in [0.15, 0.2) is 0 Å². The molecule has 0 bridgehead atoms. The van der Waals surface area contributed by atoms with Crippen LogP contribution in [0.25, 0.3) is 0 Å². The molecule has 0 radical (unpaired) electrons. The van der Waals surface area contributed by atoms with Crippen molar-refractivity contribution >= 4 is 0 Å². The molecule has 0 aliphatic carbocycles. The van der Waals surface area contributed by atoms with Crippen LogP contribution in [0.1, 0.15) is 44.9 Å². The van der Waals surface area contributed by atoms with E-state index < -0.39 is 0 Å². The van der Waals surface area contributed by atoms with Crippen molar-refractivity contribution in [2.24, 2.45) is 17.6 Å². The minimum Gasteiger partial charge on any atom is -0.493 e. The average Bonchev–Trinajstić information content (AvgIpc) is 2.85. The first-order chi connectivity index (χ1) is 10.0. The molecular weight excluding hydrogens is 260 g/mol. The van der Waals surface area contributed by atoms with Crippen LogP contribution in [0.4, 0.5) is 0 Å². The molecule has 0 spiro atoms. The van der Waals surface area contributed by atoms with E-state index in [0.29, 0.717) is 24.4 Å². The zero-order valence-corrected chi connectivity index (χ0v) is 13.9. The van der Waals surface area contributed by atoms with E-state index >= 15 is 0 Å². The second kappa shape index (κ2) is 7.28. The Morgan fingerprint density at radius 2 is 1.81 bits per heavy atom. The molecular formula is C18H30N2O. The standard InChI is InChI=1S/C18H30N2O/c1-13(2)11-20(12-14(3)4)17(10-19)15-5-6-18-16(9-15)7-8-21-18/h5-6,9,13-14,17H,7-8,10-12,19H2,1-4H3. The molecule has 1 atom stereocenters. The highest BCUT2D eigenvalue weighted by Crippen LogP contribution is 2.30. The molecule has 2 rings (SSSR count). The third kappa shape index (κ3) is 4.21. The number of nitrogens with two attached hydrogens (primary N) is 1. The number of nitrogens with zero attached hydrogens (tertiary/aromatic N) is 1. The van der Waals surface area contributed by atoms with Crippen molar-refractivity contribution < 1.29 is 4.74 Å². The van der Waals surface area contributed by atoms with Crippen LogP contribution in [-0.4, -0.2) is 31.1 Å². The number of hydrogen-bond acceptors (Lipinski definition) is 3. The molecule has 3 nitrogen and oxygen atoms in total. The molecule has 0 amide bonds. The van der Waals surface area contributed by atoms with E-state index in [-0.39, 0.29) is 0 Å². The molecule has 0 aromatic heterocycles. The quantitative estimate of drug-likeness (QED) is 0.838. The van der Waals surface area contributed by atoms with E-state index in [1.54, 1.807) is 0 Å². The Balaban J connectivity index is 2.22. The maximum absolute atomic E-state index is 6.13. The molecule has 118 valence electrons. The minimum atomic E-state index is 0.306. The lowest BCUT2D eigenvalue weighted by Crippen LogP contribution is -2.38. The number of fused-ring (bicyclic) bond motifs is 1. The van der Waals surface area contributed by atoms with Gasteiger partial charge in [-0.1, -0.05) is 39.8 Å². The van der Waals surface area contributed by atoms with Gasteiger partial charge in [-0.05, 0) is 29.0 Å². The van der Waals surface area contributed by atoms with Gasteiger partial charge in [0.2, 0.25) is 0 Å². The Morgan fingerprint density at radius 3 is 2.38 bits per heavy atom. The summed E-state index contributed by atoms with van der Waals surface area (Å²) in [6.07, 6.45) is 1.02. The van der Waals surface area contributed by atoms with Crippen molar-refractivity contribution in [3.05, 3.63) is 29.3 Å². The van der Waals surface area contributed by atoms with Crippen molar-refractivity contribution in [1.29, 1.82) is 0 Å². The van der Waals surface area contributed by atoms with Crippen LogP contribution >= 0.6 is 0 Å². The largest absolute Gasteiger partial charge is 0.493 e. The van der Waals surface area contributed by atoms with Gasteiger partial charge in [0.25, 0.3) is 0 Å². The number of benzene rings is 1. The van der Waals surface area contributed by atoms with Crippen LogP contribution in [0.2, 0.25) is 0 Å². The summed E-state index contributed by atoms with van der Waals surface area (Å²) in [6.45, 7) is 12.8. The van der Waals surface area contributed by atoms with Gasteiger partial charge in [0.05, 0.1) is 6.61 Å². The molecule has 1 aromatic carbocycles. The summed E-state index contributed by atoms with van der Waals surface area (Å²) in [5.74, 6) is 2.35. The number of hydrogen-bond donors (Lipinski definition) is 1. The maximum Gasteiger partial charge on any atom is 0.122 e. The van der Waals surface area contributed by atoms with Crippen LogP contribution in [-0.2, 0) is 6.42 Å². The maximum atomic E-state index is 6.13. The van der Waals surface area contributed by atoms with Crippen LogP contribution in [0.3, 0.4) is 0 Å². The third-order valence-electron chi connectivity index (χ3n) is 3.96. The van der Waals surface area contributed by atoms with E-state index in [1.807, 2.05) is 0 Å². The van der Waals surface area contributed by atoms with Crippen molar-refractivity contribution in [3.8, 4) is 5.75 Å². The van der Waals surface area contributed by atoms with Gasteiger partial charge in [-0.15, -0.1) is 0 Å². The summed E-state index contributed by atoms with van der Waals surface area (Å²) < 4.78 is 5.61. The Kier molecular flexibility index (Phi) is 5.65. The van der Waals surface area contributed by atoms with E-state index in [4.69, 9.17) is 10.5 Å². The highest BCUT2D eigenvalue weighted by atomic mass is 16.5. The molecule has 1 aliphatic heterocycles. The van der Waals surface area contributed by atoms with Crippen molar-refractivity contribution in [3.63, 3.8) is 0 Å². The zero-order valence-electron chi connectivity index (χ0n) is 13.9. The van der Waals surface area contributed by atoms with Gasteiger partial charge in [-0.25, -0.2) is 0 Å². The predicted octanol–water partition coefficient (Wildman–Crippen LogP) is 3.24. The Bertz CT molecular complexity index is 447. The molecule has 1 unspecified atom stereocenters. The Hall–Kier alpha value is -1.06. The topological polar surface area (TPSA) is 38.5 Å². The second-order valence-corrected chi connectivity index (χ2v) is 6.96. The number of ether oxygens (including phenoxy) is 1. The average molecular weight is 290 g/mol. The summed E-state index contributed by atoms with van der Waals surface area (Å²) in [7, 11) is 0. The molecule has 21 heavy (non-hydrogen) atoms. The lowest BCUT2D eigenvalue weighted by atomic mass is 9.99. The minimum absolute atomic E-state index is 0.306. The van der Waals surface area contributed by atoms with Gasteiger partial charge in [0.1, 0.15) is 5.75 Å². The fourth-order valence-electron chi connectivity index (χ4n) is 3.18. The van der Waals surface area contributed by atoms with E-state index in [1.165, 1.54) is 11.1 Å². The molecule has 1 aliphatic rings. The zero-order chi connectivity index (χ0) is 15.4. The van der Waals surface area contributed by atoms with Crippen LogP contribution in [0.5, 0.6) is 5.75 Å². The summed E-state index contributed by atoms with van der Waals surface area (Å²) in [6, 6.07) is 6.91. The molecule has 2 N–H and O–H groups in total. The predicted molar refractivity (Wildman–Crippen MR) is 88.7 cm³/mol. The van der Waals surface area contributed by atoms with Crippen LogP contribution in [0.15, 0.2) is 18.2 Å². The van der Waals surface area contributed by atoms with E-state index in [2.05, 4.69) is 50.8 Å². The van der Waals surface area contributed by atoms with Gasteiger partial charge in [0, 0.05) is 32.1 Å². The Morgan fingerprint density at radius 1 is 1.14 bits per heavy atom. The van der Waals surface area contributed by atoms with Crippen LogP contribution in [0, 0.1) is 11.8 Å². The van der Waals surface area contributed by atoms with Gasteiger partial charge < -0.3 is 10.5 Å². The molecule has 0 saturated heterocycles. The normalized spacial score (nSPS) is 15.6. The van der Waals surface area contributed by atoms with E-state index in [0.717, 1.165) is 31.9 Å². The Labute approximate surface area is 129 Å². The molecule has 1 heterocycles. The monoisotopic (exact) mass is 290 g/mol. The fraction of sp³-hybridized carbons (Fsp3) is 0.667. The van der Waals surface area contributed by atoms with Gasteiger partial charge >= 0.3 is 0 Å². The van der Waals surface area contributed by atoms with Gasteiger partial charge in [-0.2, -0.15) is 0 Å². The third-order valence-corrected chi connectivity index (χ3v) is 3.96. The highest BCUT2D eigenvalue weighted by molar-refractivity contribution is 5.41. The summed E-state index contributed by atoms with van der Waals surface area (Å²) in [5, 5.41) is 0. The van der Waals surface area contributed by atoms with Crippen molar-refractivity contribution in [2.45, 2.75) is 40.2 Å². The highest BCUT2D eigenvalue weighted by Gasteiger charge is 2.22. The first-order valence-electron chi connectivity index (χ1n) is 8.21. The number of rotatable bonds is 7. The lowest BCUT2D eigenvalue weighted by Gasteiger charge is -2.34. The first kappa shape index (κ1) is 16.3. The van der Waals surface area contributed by atoms with Gasteiger partial charge in [-0.3, -0.25) is 4.90 Å². The van der Waals surface area contributed by atoms with Crippen LogP contribution < -0.4 is 10.5 Å². The molecule has 3 heteroatoms. The summed E-state index contributed by atoms with van der Waals surface area (Å²) >= 11 is 0. The summed E-state index contributed by atoms with van der Waals surface area (Å²) in [4.78, 5) is 2.55. The van der Waals surface area contributed by atoms with Crippen molar-refractivity contribution in [2.75, 3.05) is 26.2 Å². The molecule has 0 saturated carbocycles. The summed E-state index contributed by atoms with van der Waals surface area (Å²) in [5.41, 5.74) is 8.80. The molecule has 1 aromatic rings. The fourth-order valence-corrected chi connectivity index (χ4v) is 3.18. The SMILES string of the molecule is CC(C)CN(CC(C)C)C(CN)c1ccc2c(c1)CCO2. The smallest absolute Gasteiger partial charge is 0.122 e. The molecule has 0 fully saturated rings. The van der Waals surface area contributed by atoms with E-state index in [9.17, 15) is 0 Å². The lowest BCUT2D eigenvalue weighted by molar-refractivity contribution is 0.160. The van der Waals surface area contributed by atoms with Crippen molar-refractivity contribution in [1.82, 2.24) is 4.90 Å². The first-order valence-corrected chi connectivity index (χ1v) is 8.21. The second-order valence-electron chi connectivity index (χ2n) is 6.96.